The molecule has 162 valence electrons. The van der Waals surface area contributed by atoms with E-state index >= 15 is 0 Å². The highest BCUT2D eigenvalue weighted by atomic mass is 32.2. The molecule has 2 aliphatic rings. The molecule has 0 spiro atoms. The van der Waals surface area contributed by atoms with Crippen molar-refractivity contribution in [2.24, 2.45) is 0 Å². The maximum atomic E-state index is 12.7. The summed E-state index contributed by atoms with van der Waals surface area (Å²) in [7, 11) is 1.58. The molecule has 0 saturated carbocycles. The van der Waals surface area contributed by atoms with Crippen LogP contribution in [-0.4, -0.2) is 52.7 Å². The lowest BCUT2D eigenvalue weighted by Gasteiger charge is -2.49. The van der Waals surface area contributed by atoms with Gasteiger partial charge in [-0.25, -0.2) is 9.59 Å². The van der Waals surface area contributed by atoms with E-state index in [9.17, 15) is 14.4 Å². The Bertz CT molecular complexity index is 874. The highest BCUT2D eigenvalue weighted by Gasteiger charge is 2.54. The molecule has 3 rings (SSSR count). The van der Waals surface area contributed by atoms with E-state index in [1.54, 1.807) is 46.9 Å². The van der Waals surface area contributed by atoms with Gasteiger partial charge in [0.2, 0.25) is 0 Å². The average molecular weight is 435 g/mol. The molecular formula is C21H26N2O6S. The minimum Gasteiger partial charge on any atom is -0.497 e. The third-order valence-corrected chi connectivity index (χ3v) is 5.98. The summed E-state index contributed by atoms with van der Waals surface area (Å²) in [6.07, 6.45) is -0.656. The monoisotopic (exact) mass is 434 g/mol. The van der Waals surface area contributed by atoms with Crippen LogP contribution < -0.4 is 10.1 Å². The number of β-lactam (4-membered cyclic amide) rings is 1. The Labute approximate surface area is 179 Å². The number of methoxy groups -OCH3 is 1. The van der Waals surface area contributed by atoms with Gasteiger partial charge < -0.3 is 19.5 Å². The molecule has 1 aromatic carbocycles. The fourth-order valence-electron chi connectivity index (χ4n) is 3.14. The van der Waals surface area contributed by atoms with Crippen LogP contribution in [0.3, 0.4) is 0 Å². The van der Waals surface area contributed by atoms with Gasteiger partial charge in [0.05, 0.1) is 7.11 Å². The van der Waals surface area contributed by atoms with E-state index in [0.717, 1.165) is 11.1 Å². The normalized spacial score (nSPS) is 20.8. The molecule has 1 aromatic rings. The summed E-state index contributed by atoms with van der Waals surface area (Å²) in [6, 6.07) is 6.45. The fourth-order valence-corrected chi connectivity index (χ4v) is 4.43. The standard InChI is InChI=1S/C21H26N2O6S/c1-12-11-30-18-15(22-20(26)29-21(2,3)4)17(24)23(18)16(12)19(25)28-10-13-6-8-14(27-5)9-7-13/h6-9,15,18H,10-11H2,1-5H3,(H,22,26). The summed E-state index contributed by atoms with van der Waals surface area (Å²) in [5, 5.41) is 2.24. The summed E-state index contributed by atoms with van der Waals surface area (Å²) in [5.74, 6) is 0.366. The third-order valence-electron chi connectivity index (χ3n) is 4.55. The number of esters is 1. The Morgan fingerprint density at radius 2 is 1.90 bits per heavy atom. The Balaban J connectivity index is 1.63. The molecule has 2 unspecified atom stereocenters. The van der Waals surface area contributed by atoms with Crippen molar-refractivity contribution < 1.29 is 28.6 Å². The van der Waals surface area contributed by atoms with Gasteiger partial charge in [0.25, 0.3) is 5.91 Å². The predicted molar refractivity (Wildman–Crippen MR) is 112 cm³/mol. The van der Waals surface area contributed by atoms with E-state index in [1.807, 2.05) is 12.1 Å². The summed E-state index contributed by atoms with van der Waals surface area (Å²) in [5.41, 5.74) is 1.16. The number of fused-ring (bicyclic) bond motifs is 1. The summed E-state index contributed by atoms with van der Waals surface area (Å²) in [6.45, 7) is 7.13. The van der Waals surface area contributed by atoms with Gasteiger partial charge in [0.15, 0.2) is 0 Å². The molecule has 1 N–H and O–H groups in total. The van der Waals surface area contributed by atoms with Crippen LogP contribution in [0.15, 0.2) is 35.5 Å². The number of thioether (sulfide) groups is 1. The number of carbonyl (C=O) groups excluding carboxylic acids is 3. The fraction of sp³-hybridized carbons (Fsp3) is 0.476. The van der Waals surface area contributed by atoms with Crippen LogP contribution in [0.5, 0.6) is 5.75 Å². The van der Waals surface area contributed by atoms with E-state index in [1.165, 1.54) is 16.7 Å². The van der Waals surface area contributed by atoms with Crippen LogP contribution in [-0.2, 0) is 25.7 Å². The van der Waals surface area contributed by atoms with Gasteiger partial charge in [-0.15, -0.1) is 11.8 Å². The molecule has 30 heavy (non-hydrogen) atoms. The number of nitrogens with one attached hydrogen (secondary N) is 1. The lowest BCUT2D eigenvalue weighted by Crippen LogP contribution is -2.70. The SMILES string of the molecule is COc1ccc(COC(=O)C2=C(C)CSC3C(NC(=O)OC(C)(C)C)C(=O)N23)cc1. The van der Waals surface area contributed by atoms with E-state index in [0.29, 0.717) is 11.5 Å². The van der Waals surface area contributed by atoms with Gasteiger partial charge in [-0.05, 0) is 51.0 Å². The quantitative estimate of drug-likeness (QED) is 0.562. The molecule has 9 heteroatoms. The number of amides is 2. The van der Waals surface area contributed by atoms with Crippen molar-refractivity contribution in [3.8, 4) is 5.75 Å². The molecular weight excluding hydrogens is 408 g/mol. The maximum absolute atomic E-state index is 12.7. The second kappa shape index (κ2) is 8.59. The van der Waals surface area contributed by atoms with Gasteiger partial charge in [-0.3, -0.25) is 9.69 Å². The van der Waals surface area contributed by atoms with Crippen molar-refractivity contribution in [3.05, 3.63) is 41.1 Å². The molecule has 0 bridgehead atoms. The third kappa shape index (κ3) is 4.72. The van der Waals surface area contributed by atoms with E-state index in [-0.39, 0.29) is 23.6 Å². The van der Waals surface area contributed by atoms with Gasteiger partial charge in [-0.1, -0.05) is 12.1 Å². The minimum atomic E-state index is -0.734. The summed E-state index contributed by atoms with van der Waals surface area (Å²) >= 11 is 1.49. The first kappa shape index (κ1) is 22.0. The van der Waals surface area contributed by atoms with E-state index in [4.69, 9.17) is 14.2 Å². The second-order valence-electron chi connectivity index (χ2n) is 8.09. The number of hydrogen-bond donors (Lipinski definition) is 1. The smallest absolute Gasteiger partial charge is 0.408 e. The minimum absolute atomic E-state index is 0.0824. The molecule has 2 atom stereocenters. The van der Waals surface area contributed by atoms with Crippen molar-refractivity contribution in [3.63, 3.8) is 0 Å². The lowest BCUT2D eigenvalue weighted by molar-refractivity contribution is -0.152. The van der Waals surface area contributed by atoms with Gasteiger partial charge >= 0.3 is 12.1 Å². The zero-order chi connectivity index (χ0) is 22.1. The molecule has 1 fully saturated rings. The van der Waals surface area contributed by atoms with Gasteiger partial charge in [0.1, 0.15) is 35.1 Å². The zero-order valence-electron chi connectivity index (χ0n) is 17.7. The molecule has 2 amide bonds. The Morgan fingerprint density at radius 3 is 2.50 bits per heavy atom. The van der Waals surface area contributed by atoms with Crippen LogP contribution in [0.1, 0.15) is 33.3 Å². The van der Waals surface area contributed by atoms with Crippen LogP contribution in [0.2, 0.25) is 0 Å². The number of ether oxygens (including phenoxy) is 3. The lowest BCUT2D eigenvalue weighted by atomic mass is 10.0. The molecule has 2 aliphatic heterocycles. The van der Waals surface area contributed by atoms with Crippen LogP contribution in [0.4, 0.5) is 4.79 Å². The average Bonchev–Trinajstić information content (AvgIpc) is 2.69. The molecule has 0 aliphatic carbocycles. The van der Waals surface area contributed by atoms with Crippen LogP contribution in [0.25, 0.3) is 0 Å². The second-order valence-corrected chi connectivity index (χ2v) is 9.19. The largest absolute Gasteiger partial charge is 0.497 e. The topological polar surface area (TPSA) is 94.2 Å². The Hall–Kier alpha value is -2.68. The van der Waals surface area contributed by atoms with Crippen LogP contribution in [0, 0.1) is 0 Å². The summed E-state index contributed by atoms with van der Waals surface area (Å²) < 4.78 is 15.8. The van der Waals surface area contributed by atoms with Gasteiger partial charge in [-0.2, -0.15) is 0 Å². The highest BCUT2D eigenvalue weighted by Crippen LogP contribution is 2.40. The van der Waals surface area contributed by atoms with Crippen LogP contribution >= 0.6 is 11.8 Å². The van der Waals surface area contributed by atoms with Gasteiger partial charge in [0, 0.05) is 5.75 Å². The number of benzene rings is 1. The predicted octanol–water partition coefficient (Wildman–Crippen LogP) is 2.82. The van der Waals surface area contributed by atoms with Crippen molar-refractivity contribution in [2.75, 3.05) is 12.9 Å². The molecule has 0 radical (unpaired) electrons. The molecule has 8 nitrogen and oxygen atoms in total. The highest BCUT2D eigenvalue weighted by molar-refractivity contribution is 8.00. The Morgan fingerprint density at radius 1 is 1.23 bits per heavy atom. The molecule has 0 aromatic heterocycles. The van der Waals surface area contributed by atoms with Crippen molar-refractivity contribution in [1.82, 2.24) is 10.2 Å². The van der Waals surface area contributed by atoms with E-state index in [2.05, 4.69) is 5.32 Å². The van der Waals surface area contributed by atoms with Crippen molar-refractivity contribution in [1.29, 1.82) is 0 Å². The zero-order valence-corrected chi connectivity index (χ0v) is 18.5. The molecule has 1 saturated heterocycles. The maximum Gasteiger partial charge on any atom is 0.408 e. The first-order valence-corrected chi connectivity index (χ1v) is 10.6. The number of alkyl carbamates (subject to hydrolysis) is 1. The first-order chi connectivity index (χ1) is 14.1. The molecule has 2 heterocycles. The number of rotatable bonds is 5. The summed E-state index contributed by atoms with van der Waals surface area (Å²) in [4.78, 5) is 38.9. The number of carbonyl (C=O) groups is 3. The van der Waals surface area contributed by atoms with E-state index < -0.39 is 23.7 Å². The Kier molecular flexibility index (Phi) is 6.30. The number of hydrogen-bond acceptors (Lipinski definition) is 7. The van der Waals surface area contributed by atoms with Crippen molar-refractivity contribution >= 4 is 29.7 Å². The van der Waals surface area contributed by atoms with Crippen molar-refractivity contribution in [2.45, 2.75) is 51.3 Å². The number of nitrogens with zero attached hydrogens (tertiary/aromatic N) is 1. The first-order valence-electron chi connectivity index (χ1n) is 9.54.